The molecule has 2 aromatic carbocycles. The van der Waals surface area contributed by atoms with E-state index in [1.54, 1.807) is 0 Å². The Kier molecular flexibility index (Phi) is 7.36. The highest BCUT2D eigenvalue weighted by atomic mass is 35.5. The van der Waals surface area contributed by atoms with Gasteiger partial charge >= 0.3 is 6.36 Å². The number of piperidine rings is 1. The lowest BCUT2D eigenvalue weighted by atomic mass is 10.1. The average Bonchev–Trinajstić information content (AvgIpc) is 2.74. The van der Waals surface area contributed by atoms with Crippen LogP contribution < -0.4 is 4.74 Å². The van der Waals surface area contributed by atoms with E-state index in [4.69, 9.17) is 11.6 Å². The molecule has 0 N–H and O–H groups in total. The van der Waals surface area contributed by atoms with Crippen LogP contribution >= 0.6 is 11.6 Å². The molecule has 1 aliphatic heterocycles. The normalized spacial score (nSPS) is 15.4. The van der Waals surface area contributed by atoms with Gasteiger partial charge in [-0.05, 0) is 37.1 Å². The number of rotatable bonds is 6. The number of hydrogen-bond acceptors (Lipinski definition) is 4. The topological polar surface area (TPSA) is 66.9 Å². The van der Waals surface area contributed by atoms with Crippen LogP contribution in [0.4, 0.5) is 13.2 Å². The molecule has 1 amide bonds. The van der Waals surface area contributed by atoms with Crippen molar-refractivity contribution in [2.24, 2.45) is 0 Å². The molecule has 6 nitrogen and oxygen atoms in total. The molecule has 0 bridgehead atoms. The Morgan fingerprint density at radius 3 is 2.44 bits per heavy atom. The molecule has 0 atom stereocenters. The van der Waals surface area contributed by atoms with Crippen LogP contribution in [-0.2, 0) is 16.6 Å². The molecule has 0 radical (unpaired) electrons. The molecule has 0 aromatic heterocycles. The minimum atomic E-state index is -4.87. The Balaban J connectivity index is 1.84. The molecule has 1 aliphatic rings. The van der Waals surface area contributed by atoms with Gasteiger partial charge in [0, 0.05) is 37.8 Å². The van der Waals surface area contributed by atoms with Gasteiger partial charge in [-0.2, -0.15) is 4.31 Å². The lowest BCUT2D eigenvalue weighted by Gasteiger charge is -2.26. The van der Waals surface area contributed by atoms with Gasteiger partial charge in [-0.15, -0.1) is 13.2 Å². The summed E-state index contributed by atoms with van der Waals surface area (Å²) < 4.78 is 69.4. The predicted molar refractivity (Wildman–Crippen MR) is 113 cm³/mol. The number of amides is 1. The summed E-state index contributed by atoms with van der Waals surface area (Å²) in [7, 11) is -2.47. The summed E-state index contributed by atoms with van der Waals surface area (Å²) in [5.74, 6) is -0.984. The van der Waals surface area contributed by atoms with Crippen molar-refractivity contribution in [2.45, 2.75) is 37.1 Å². The highest BCUT2D eigenvalue weighted by Crippen LogP contribution is 2.30. The van der Waals surface area contributed by atoms with Crippen molar-refractivity contribution in [1.82, 2.24) is 9.21 Å². The number of hydrogen-bond donors (Lipinski definition) is 0. The second-order valence-corrected chi connectivity index (χ2v) is 9.74. The second-order valence-electron chi connectivity index (χ2n) is 7.43. The third-order valence-electron chi connectivity index (χ3n) is 5.06. The van der Waals surface area contributed by atoms with Crippen LogP contribution in [-0.4, -0.2) is 50.0 Å². The van der Waals surface area contributed by atoms with Gasteiger partial charge in [0.25, 0.3) is 5.91 Å². The van der Waals surface area contributed by atoms with Gasteiger partial charge in [-0.1, -0.05) is 36.2 Å². The summed E-state index contributed by atoms with van der Waals surface area (Å²) >= 11 is 6.14. The summed E-state index contributed by atoms with van der Waals surface area (Å²) in [5, 5.41) is -0.00120. The van der Waals surface area contributed by atoms with Crippen molar-refractivity contribution in [3.05, 3.63) is 58.6 Å². The van der Waals surface area contributed by atoms with E-state index in [9.17, 15) is 26.4 Å². The Labute approximate surface area is 189 Å². The maximum atomic E-state index is 13.0. The van der Waals surface area contributed by atoms with E-state index in [2.05, 4.69) is 4.74 Å². The molecule has 2 aromatic rings. The summed E-state index contributed by atoms with van der Waals surface area (Å²) in [6.45, 7) is 0.585. The molecular formula is C21H22ClF3N2O4S. The first-order valence-electron chi connectivity index (χ1n) is 9.88. The van der Waals surface area contributed by atoms with Gasteiger partial charge in [0.05, 0.1) is 5.02 Å². The minimum absolute atomic E-state index is 0.00120. The lowest BCUT2D eigenvalue weighted by Crippen LogP contribution is -2.36. The van der Waals surface area contributed by atoms with Crippen LogP contribution in [0.25, 0.3) is 0 Å². The van der Waals surface area contributed by atoms with Crippen molar-refractivity contribution in [2.75, 3.05) is 20.1 Å². The fourth-order valence-electron chi connectivity index (χ4n) is 3.48. The van der Waals surface area contributed by atoms with Gasteiger partial charge < -0.3 is 9.64 Å². The molecule has 32 heavy (non-hydrogen) atoms. The van der Waals surface area contributed by atoms with E-state index in [1.165, 1.54) is 52.7 Å². The zero-order chi connectivity index (χ0) is 23.5. The van der Waals surface area contributed by atoms with Crippen molar-refractivity contribution in [1.29, 1.82) is 0 Å². The maximum Gasteiger partial charge on any atom is 0.573 e. The Hall–Kier alpha value is -2.30. The number of sulfonamides is 1. The van der Waals surface area contributed by atoms with Crippen LogP contribution in [0.2, 0.25) is 5.02 Å². The average molecular weight is 491 g/mol. The number of carbonyl (C=O) groups excluding carboxylic acids is 1. The minimum Gasteiger partial charge on any atom is -0.405 e. The summed E-state index contributed by atoms with van der Waals surface area (Å²) in [6.07, 6.45) is -2.43. The summed E-state index contributed by atoms with van der Waals surface area (Å²) in [5.41, 5.74) is 0.206. The maximum absolute atomic E-state index is 13.0. The van der Waals surface area contributed by atoms with E-state index in [1.807, 2.05) is 0 Å². The van der Waals surface area contributed by atoms with Crippen LogP contribution in [0, 0.1) is 0 Å². The van der Waals surface area contributed by atoms with Gasteiger partial charge in [-0.3, -0.25) is 4.79 Å². The fraction of sp³-hybridized carbons (Fsp3) is 0.381. The van der Waals surface area contributed by atoms with E-state index in [-0.39, 0.29) is 27.6 Å². The zero-order valence-electron chi connectivity index (χ0n) is 17.2. The molecule has 1 fully saturated rings. The quantitative estimate of drug-likeness (QED) is 0.589. The summed E-state index contributed by atoms with van der Waals surface area (Å²) in [6, 6.07) is 9.43. The van der Waals surface area contributed by atoms with Crippen molar-refractivity contribution in [3.63, 3.8) is 0 Å². The first-order chi connectivity index (χ1) is 15.0. The monoisotopic (exact) mass is 490 g/mol. The third kappa shape index (κ3) is 5.73. The van der Waals surface area contributed by atoms with Crippen molar-refractivity contribution < 1.29 is 31.1 Å². The van der Waals surface area contributed by atoms with E-state index in [0.29, 0.717) is 13.1 Å². The second kappa shape index (κ2) is 9.68. The zero-order valence-corrected chi connectivity index (χ0v) is 18.8. The number of alkyl halides is 3. The molecule has 0 spiro atoms. The Morgan fingerprint density at radius 2 is 1.78 bits per heavy atom. The largest absolute Gasteiger partial charge is 0.573 e. The van der Waals surface area contributed by atoms with Crippen LogP contribution in [0.1, 0.15) is 35.2 Å². The SMILES string of the molecule is CN(Cc1ccccc1OC(F)(F)F)C(=O)c1ccc(Cl)c(S(=O)(=O)N2CCCCC2)c1. The van der Waals surface area contributed by atoms with E-state index >= 15 is 0 Å². The Bertz CT molecular complexity index is 1090. The molecule has 3 rings (SSSR count). The van der Waals surface area contributed by atoms with Crippen molar-refractivity contribution in [3.8, 4) is 5.75 Å². The molecule has 11 heteroatoms. The molecule has 0 saturated carbocycles. The molecule has 0 unspecified atom stereocenters. The molecule has 174 valence electrons. The smallest absolute Gasteiger partial charge is 0.405 e. The van der Waals surface area contributed by atoms with Gasteiger partial charge in [0.2, 0.25) is 10.0 Å². The number of ether oxygens (including phenoxy) is 1. The van der Waals surface area contributed by atoms with E-state index < -0.39 is 28.0 Å². The predicted octanol–water partition coefficient (Wildman–Crippen LogP) is 4.69. The third-order valence-corrected chi connectivity index (χ3v) is 7.44. The number of carbonyl (C=O) groups is 1. The highest BCUT2D eigenvalue weighted by molar-refractivity contribution is 7.89. The van der Waals surface area contributed by atoms with Gasteiger partial charge in [-0.25, -0.2) is 8.42 Å². The highest BCUT2D eigenvalue weighted by Gasteiger charge is 2.32. The van der Waals surface area contributed by atoms with Gasteiger partial charge in [0.1, 0.15) is 10.6 Å². The number of para-hydroxylation sites is 1. The standard InChI is InChI=1S/C21H22ClF3N2O4S/c1-26(14-16-7-3-4-8-18(16)31-21(23,24)25)20(28)15-9-10-17(22)19(13-15)32(29,30)27-11-5-2-6-12-27/h3-4,7-10,13H,2,5-6,11-12,14H2,1H3. The van der Waals surface area contributed by atoms with Crippen molar-refractivity contribution >= 4 is 27.5 Å². The molecule has 1 heterocycles. The molecular weight excluding hydrogens is 469 g/mol. The number of halogens is 4. The molecule has 0 aliphatic carbocycles. The first kappa shape index (κ1) is 24.3. The van der Waals surface area contributed by atoms with E-state index in [0.717, 1.165) is 25.3 Å². The first-order valence-corrected chi connectivity index (χ1v) is 11.7. The number of nitrogens with zero attached hydrogens (tertiary/aromatic N) is 2. The fourth-order valence-corrected chi connectivity index (χ4v) is 5.50. The molecule has 1 saturated heterocycles. The van der Waals surface area contributed by atoms with Crippen LogP contribution in [0.5, 0.6) is 5.75 Å². The van der Waals surface area contributed by atoms with Crippen LogP contribution in [0.15, 0.2) is 47.4 Å². The summed E-state index contributed by atoms with van der Waals surface area (Å²) in [4.78, 5) is 13.9. The van der Waals surface area contributed by atoms with Crippen LogP contribution in [0.3, 0.4) is 0 Å². The number of benzene rings is 2. The Morgan fingerprint density at radius 1 is 1.12 bits per heavy atom. The van der Waals surface area contributed by atoms with Gasteiger partial charge in [0.15, 0.2) is 0 Å². The lowest BCUT2D eigenvalue weighted by molar-refractivity contribution is -0.275.